The van der Waals surface area contributed by atoms with E-state index in [0.717, 1.165) is 30.6 Å². The summed E-state index contributed by atoms with van der Waals surface area (Å²) < 4.78 is 19.6. The molecule has 0 radical (unpaired) electrons. The van der Waals surface area contributed by atoms with Gasteiger partial charge in [0.15, 0.2) is 0 Å². The molecular formula is C29H29FO3S. The van der Waals surface area contributed by atoms with Gasteiger partial charge < -0.3 is 9.84 Å². The van der Waals surface area contributed by atoms with Crippen LogP contribution in [0.1, 0.15) is 48.3 Å². The maximum atomic E-state index is 14.4. The number of carboxylic acid groups (broad SMARTS) is 1. The third-order valence-electron chi connectivity index (χ3n) is 7.30. The highest BCUT2D eigenvalue weighted by Gasteiger charge is 2.39. The van der Waals surface area contributed by atoms with Gasteiger partial charge in [-0.25, -0.2) is 4.39 Å². The van der Waals surface area contributed by atoms with Crippen LogP contribution in [0.3, 0.4) is 0 Å². The van der Waals surface area contributed by atoms with Gasteiger partial charge in [0, 0.05) is 16.2 Å². The first kappa shape index (κ1) is 23.0. The van der Waals surface area contributed by atoms with Crippen molar-refractivity contribution in [3.05, 3.63) is 83.2 Å². The zero-order valence-electron chi connectivity index (χ0n) is 19.5. The quantitative estimate of drug-likeness (QED) is 0.393. The summed E-state index contributed by atoms with van der Waals surface area (Å²) in [7, 11) is 1.58. The second-order valence-electron chi connectivity index (χ2n) is 9.54. The van der Waals surface area contributed by atoms with Crippen LogP contribution in [0.15, 0.2) is 65.6 Å². The van der Waals surface area contributed by atoms with Crippen molar-refractivity contribution < 1.29 is 19.0 Å². The predicted octanol–water partition coefficient (Wildman–Crippen LogP) is 7.15. The number of fused-ring (bicyclic) bond motifs is 1. The lowest BCUT2D eigenvalue weighted by Gasteiger charge is -2.27. The number of hydrogen-bond donors (Lipinski definition) is 1. The first-order valence-electron chi connectivity index (χ1n) is 11.9. The number of rotatable bonds is 7. The van der Waals surface area contributed by atoms with Gasteiger partial charge in [-0.15, -0.1) is 11.8 Å². The molecule has 3 aromatic carbocycles. The van der Waals surface area contributed by atoms with Gasteiger partial charge in [-0.2, -0.15) is 0 Å². The molecule has 5 heteroatoms. The second-order valence-corrected chi connectivity index (χ2v) is 10.6. The van der Waals surface area contributed by atoms with Crippen molar-refractivity contribution in [3.8, 4) is 16.9 Å². The van der Waals surface area contributed by atoms with Crippen LogP contribution < -0.4 is 4.74 Å². The largest absolute Gasteiger partial charge is 0.497 e. The third-order valence-corrected chi connectivity index (χ3v) is 8.58. The lowest BCUT2D eigenvalue weighted by Crippen LogP contribution is -2.21. The van der Waals surface area contributed by atoms with E-state index in [4.69, 9.17) is 4.74 Å². The minimum absolute atomic E-state index is 0.0882. The van der Waals surface area contributed by atoms with Gasteiger partial charge in [-0.1, -0.05) is 43.3 Å². The van der Waals surface area contributed by atoms with Gasteiger partial charge in [0.2, 0.25) is 0 Å². The first-order valence-corrected chi connectivity index (χ1v) is 12.9. The molecule has 34 heavy (non-hydrogen) atoms. The van der Waals surface area contributed by atoms with E-state index < -0.39 is 5.97 Å². The van der Waals surface area contributed by atoms with E-state index in [9.17, 15) is 14.3 Å². The average molecular weight is 477 g/mol. The number of carbonyl (C=O) groups is 1. The Morgan fingerprint density at radius 3 is 2.53 bits per heavy atom. The average Bonchev–Trinajstić information content (AvgIpc) is 3.69. The van der Waals surface area contributed by atoms with Crippen molar-refractivity contribution in [2.45, 2.75) is 42.9 Å². The van der Waals surface area contributed by atoms with Crippen LogP contribution in [0.2, 0.25) is 0 Å². The van der Waals surface area contributed by atoms with E-state index >= 15 is 0 Å². The molecule has 3 atom stereocenters. The monoisotopic (exact) mass is 476 g/mol. The molecule has 0 aromatic heterocycles. The molecule has 3 aromatic rings. The van der Waals surface area contributed by atoms with E-state index in [1.807, 2.05) is 30.8 Å². The smallest absolute Gasteiger partial charge is 0.306 e. The van der Waals surface area contributed by atoms with Crippen molar-refractivity contribution in [3.63, 3.8) is 0 Å². The fourth-order valence-electron chi connectivity index (χ4n) is 5.20. The SMILES string of the molecule is COc1ccc(F)c(-c2ccc(C3CSc4ccc([C@H](C5CC5)[C@H](C)C(=O)O)cc4C3)cc2)c1. The van der Waals surface area contributed by atoms with Crippen LogP contribution in [0.4, 0.5) is 4.39 Å². The Labute approximate surface area is 204 Å². The zero-order chi connectivity index (χ0) is 23.8. The number of halogens is 1. The van der Waals surface area contributed by atoms with Gasteiger partial charge in [0.1, 0.15) is 11.6 Å². The van der Waals surface area contributed by atoms with Crippen molar-refractivity contribution in [1.82, 2.24) is 0 Å². The Morgan fingerprint density at radius 2 is 1.85 bits per heavy atom. The lowest BCUT2D eigenvalue weighted by molar-refractivity contribution is -0.142. The lowest BCUT2D eigenvalue weighted by atomic mass is 9.82. The van der Waals surface area contributed by atoms with Crippen LogP contribution >= 0.6 is 11.8 Å². The van der Waals surface area contributed by atoms with Crippen molar-refractivity contribution in [1.29, 1.82) is 0 Å². The Morgan fingerprint density at radius 1 is 1.09 bits per heavy atom. The molecular weight excluding hydrogens is 447 g/mol. The molecule has 1 heterocycles. The predicted molar refractivity (Wildman–Crippen MR) is 134 cm³/mol. The highest BCUT2D eigenvalue weighted by Crippen LogP contribution is 2.48. The van der Waals surface area contributed by atoms with Crippen LogP contribution in [0.5, 0.6) is 5.75 Å². The Kier molecular flexibility index (Phi) is 6.39. The Hall–Kier alpha value is -2.79. The molecule has 5 rings (SSSR count). The van der Waals surface area contributed by atoms with Crippen LogP contribution in [-0.4, -0.2) is 23.9 Å². The third kappa shape index (κ3) is 4.58. The summed E-state index contributed by atoms with van der Waals surface area (Å²) in [5.74, 6) is 1.23. The molecule has 1 fully saturated rings. The van der Waals surface area contributed by atoms with Crippen LogP contribution in [0, 0.1) is 17.7 Å². The molecule has 2 aliphatic rings. The summed E-state index contributed by atoms with van der Waals surface area (Å²) in [4.78, 5) is 13.0. The Bertz CT molecular complexity index is 1200. The molecule has 176 valence electrons. The minimum Gasteiger partial charge on any atom is -0.497 e. The number of ether oxygens (including phenoxy) is 1. The minimum atomic E-state index is -0.713. The highest BCUT2D eigenvalue weighted by atomic mass is 32.2. The number of carboxylic acids is 1. The zero-order valence-corrected chi connectivity index (χ0v) is 20.3. The van der Waals surface area contributed by atoms with E-state index in [-0.39, 0.29) is 17.7 Å². The van der Waals surface area contributed by atoms with Crippen LogP contribution in [-0.2, 0) is 11.2 Å². The van der Waals surface area contributed by atoms with Gasteiger partial charge in [-0.3, -0.25) is 4.79 Å². The summed E-state index contributed by atoms with van der Waals surface area (Å²) in [6.45, 7) is 1.84. The number of methoxy groups -OCH3 is 1. The number of hydrogen-bond acceptors (Lipinski definition) is 3. The highest BCUT2D eigenvalue weighted by molar-refractivity contribution is 7.99. The van der Waals surface area contributed by atoms with E-state index in [2.05, 4.69) is 30.3 Å². The fourth-order valence-corrected chi connectivity index (χ4v) is 6.38. The number of aliphatic carboxylic acids is 1. The number of thioether (sulfide) groups is 1. The molecule has 1 saturated carbocycles. The van der Waals surface area contributed by atoms with Crippen molar-refractivity contribution in [2.24, 2.45) is 11.8 Å². The molecule has 1 unspecified atom stereocenters. The molecule has 3 nitrogen and oxygen atoms in total. The van der Waals surface area contributed by atoms with E-state index in [0.29, 0.717) is 23.1 Å². The fraction of sp³-hybridized carbons (Fsp3) is 0.345. The van der Waals surface area contributed by atoms with Gasteiger partial charge in [0.25, 0.3) is 0 Å². The molecule has 0 amide bonds. The summed E-state index contributed by atoms with van der Waals surface area (Å²) >= 11 is 1.87. The van der Waals surface area contributed by atoms with E-state index in [1.165, 1.54) is 27.7 Å². The second kappa shape index (κ2) is 9.46. The summed E-state index contributed by atoms with van der Waals surface area (Å²) in [6.07, 6.45) is 3.18. The molecule has 1 aliphatic heterocycles. The van der Waals surface area contributed by atoms with Gasteiger partial charge >= 0.3 is 5.97 Å². The maximum Gasteiger partial charge on any atom is 0.306 e. The van der Waals surface area contributed by atoms with Crippen LogP contribution in [0.25, 0.3) is 11.1 Å². The molecule has 0 saturated heterocycles. The van der Waals surface area contributed by atoms with Crippen molar-refractivity contribution >= 4 is 17.7 Å². The summed E-state index contributed by atoms with van der Waals surface area (Å²) in [5, 5.41) is 9.64. The van der Waals surface area contributed by atoms with Gasteiger partial charge in [0.05, 0.1) is 13.0 Å². The molecule has 0 bridgehead atoms. The maximum absolute atomic E-state index is 14.4. The van der Waals surface area contributed by atoms with Crippen molar-refractivity contribution in [2.75, 3.05) is 12.9 Å². The Balaban J connectivity index is 1.37. The number of benzene rings is 3. The summed E-state index contributed by atoms with van der Waals surface area (Å²) in [6, 6.07) is 19.6. The molecule has 0 spiro atoms. The normalized spacial score (nSPS) is 19.2. The molecule has 1 aliphatic carbocycles. The van der Waals surface area contributed by atoms with E-state index in [1.54, 1.807) is 19.2 Å². The topological polar surface area (TPSA) is 46.5 Å². The summed E-state index contributed by atoms with van der Waals surface area (Å²) in [5.41, 5.74) is 5.10. The van der Waals surface area contributed by atoms with Gasteiger partial charge in [-0.05, 0) is 83.5 Å². The standard InChI is InChI=1S/C29H29FO3S/c1-17(29(31)32)28(20-7-8-20)21-9-12-27-22(13-21)14-23(16-34-27)18-3-5-19(6-4-18)25-15-24(33-2)10-11-26(25)30/h3-6,9-13,15,17,20,23,28H,7-8,14,16H2,1-2H3,(H,31,32)/t17-,23?,28-/m0/s1. The first-order chi connectivity index (χ1) is 16.4. The molecule has 1 N–H and O–H groups in total.